The minimum Gasteiger partial charge on any atom is -0.352 e. The molecule has 2 rings (SSSR count). The highest BCUT2D eigenvalue weighted by atomic mass is 19.4. The van der Waals surface area contributed by atoms with Crippen LogP contribution in [0.2, 0.25) is 0 Å². The van der Waals surface area contributed by atoms with E-state index in [1.807, 2.05) is 5.32 Å². The monoisotopic (exact) mass is 436 g/mol. The molecule has 0 aromatic heterocycles. The fraction of sp³-hybridized carbons (Fsp3) is 0.222. The summed E-state index contributed by atoms with van der Waals surface area (Å²) in [4.78, 5) is 15.6. The lowest BCUT2D eigenvalue weighted by atomic mass is 10.1. The molecule has 0 unspecified atom stereocenters. The standard InChI is InChI=1S/C18H15F7N4O/c1-26-17(27-7-9-2-3-10(19)6-11(9)18(23,24)25)28-8-14(30)29-13-5-4-12(20)15(21)16(13)22/h2-6H,7-8H2,1H3,(H,29,30)(H2,26,27,28). The minimum atomic E-state index is -4.77. The maximum atomic E-state index is 13.6. The van der Waals surface area contributed by atoms with Crippen molar-refractivity contribution in [2.75, 3.05) is 18.9 Å². The van der Waals surface area contributed by atoms with E-state index in [4.69, 9.17) is 0 Å². The van der Waals surface area contributed by atoms with Gasteiger partial charge in [-0.1, -0.05) is 6.07 Å². The number of halogens is 7. The van der Waals surface area contributed by atoms with Crippen molar-refractivity contribution in [3.63, 3.8) is 0 Å². The van der Waals surface area contributed by atoms with E-state index in [0.29, 0.717) is 12.1 Å². The SMILES string of the molecule is CN=C(NCC(=O)Nc1ccc(F)c(F)c1F)NCc1ccc(F)cc1C(F)(F)F. The number of anilines is 1. The number of alkyl halides is 3. The van der Waals surface area contributed by atoms with Crippen molar-refractivity contribution in [3.8, 4) is 0 Å². The maximum Gasteiger partial charge on any atom is 0.416 e. The van der Waals surface area contributed by atoms with E-state index >= 15 is 0 Å². The molecular weight excluding hydrogens is 421 g/mol. The van der Waals surface area contributed by atoms with Crippen LogP contribution in [-0.2, 0) is 17.5 Å². The molecule has 0 aliphatic heterocycles. The number of nitrogens with one attached hydrogen (secondary N) is 3. The summed E-state index contributed by atoms with van der Waals surface area (Å²) in [6, 6.07) is 3.63. The van der Waals surface area contributed by atoms with E-state index in [-0.39, 0.29) is 11.5 Å². The Morgan fingerprint density at radius 3 is 2.33 bits per heavy atom. The van der Waals surface area contributed by atoms with Crippen LogP contribution >= 0.6 is 0 Å². The summed E-state index contributed by atoms with van der Waals surface area (Å²) < 4.78 is 91.8. The Morgan fingerprint density at radius 1 is 1.00 bits per heavy atom. The minimum absolute atomic E-state index is 0.0895. The second kappa shape index (κ2) is 9.46. The lowest BCUT2D eigenvalue weighted by molar-refractivity contribution is -0.138. The molecule has 0 fully saturated rings. The molecule has 0 atom stereocenters. The third-order valence-corrected chi connectivity index (χ3v) is 3.77. The van der Waals surface area contributed by atoms with Crippen LogP contribution in [0.25, 0.3) is 0 Å². The van der Waals surface area contributed by atoms with E-state index in [0.717, 1.165) is 18.2 Å². The van der Waals surface area contributed by atoms with E-state index in [1.54, 1.807) is 0 Å². The Morgan fingerprint density at radius 2 is 1.70 bits per heavy atom. The molecule has 5 nitrogen and oxygen atoms in total. The number of rotatable bonds is 5. The number of nitrogens with zero attached hydrogens (tertiary/aromatic N) is 1. The highest BCUT2D eigenvalue weighted by Crippen LogP contribution is 2.32. The van der Waals surface area contributed by atoms with Crippen LogP contribution in [-0.4, -0.2) is 25.5 Å². The lowest BCUT2D eigenvalue weighted by Crippen LogP contribution is -2.41. The van der Waals surface area contributed by atoms with Crippen LogP contribution in [0.4, 0.5) is 36.4 Å². The molecule has 0 heterocycles. The summed E-state index contributed by atoms with van der Waals surface area (Å²) in [6.07, 6.45) is -4.77. The normalized spacial score (nSPS) is 11.9. The smallest absolute Gasteiger partial charge is 0.352 e. The summed E-state index contributed by atoms with van der Waals surface area (Å²) in [5.74, 6) is -6.75. The van der Waals surface area contributed by atoms with Crippen molar-refractivity contribution < 1.29 is 35.5 Å². The van der Waals surface area contributed by atoms with Gasteiger partial charge < -0.3 is 16.0 Å². The summed E-state index contributed by atoms with van der Waals surface area (Å²) in [5.41, 5.74) is -2.03. The van der Waals surface area contributed by atoms with Crippen molar-refractivity contribution in [3.05, 3.63) is 64.7 Å². The van der Waals surface area contributed by atoms with E-state index in [2.05, 4.69) is 15.6 Å². The number of hydrogen-bond donors (Lipinski definition) is 3. The van der Waals surface area contributed by atoms with E-state index in [1.165, 1.54) is 7.05 Å². The van der Waals surface area contributed by atoms with Crippen LogP contribution in [0.1, 0.15) is 11.1 Å². The molecule has 0 bridgehead atoms. The molecule has 0 spiro atoms. The topological polar surface area (TPSA) is 65.5 Å². The Kier molecular flexibility index (Phi) is 7.24. The van der Waals surface area contributed by atoms with Gasteiger partial charge in [-0.05, 0) is 29.8 Å². The largest absolute Gasteiger partial charge is 0.416 e. The highest BCUT2D eigenvalue weighted by molar-refractivity contribution is 5.95. The average Bonchev–Trinajstić information content (AvgIpc) is 2.68. The van der Waals surface area contributed by atoms with Crippen molar-refractivity contribution in [2.45, 2.75) is 12.7 Å². The number of hydrogen-bond acceptors (Lipinski definition) is 2. The Labute approximate surface area is 166 Å². The summed E-state index contributed by atoms with van der Waals surface area (Å²) >= 11 is 0. The summed E-state index contributed by atoms with van der Waals surface area (Å²) in [6.45, 7) is -0.915. The first-order chi connectivity index (χ1) is 14.0. The van der Waals surface area contributed by atoms with Gasteiger partial charge in [-0.2, -0.15) is 13.2 Å². The Balaban J connectivity index is 1.96. The second-order valence-corrected chi connectivity index (χ2v) is 5.85. The van der Waals surface area contributed by atoms with Crippen molar-refractivity contribution in [1.82, 2.24) is 10.6 Å². The fourth-order valence-electron chi connectivity index (χ4n) is 2.35. The number of carbonyl (C=O) groups is 1. The predicted molar refractivity (Wildman–Crippen MR) is 94.5 cm³/mol. The highest BCUT2D eigenvalue weighted by Gasteiger charge is 2.33. The number of carbonyl (C=O) groups excluding carboxylic acids is 1. The molecule has 0 saturated carbocycles. The van der Waals surface area contributed by atoms with Crippen molar-refractivity contribution >= 4 is 17.6 Å². The molecule has 0 aliphatic rings. The van der Waals surface area contributed by atoms with Gasteiger partial charge in [0.05, 0.1) is 17.8 Å². The van der Waals surface area contributed by atoms with Gasteiger partial charge in [0, 0.05) is 13.6 Å². The molecular formula is C18H15F7N4O. The fourth-order valence-corrected chi connectivity index (χ4v) is 2.35. The van der Waals surface area contributed by atoms with Gasteiger partial charge in [-0.25, -0.2) is 17.6 Å². The van der Waals surface area contributed by atoms with Crippen LogP contribution in [0.15, 0.2) is 35.3 Å². The zero-order valence-corrected chi connectivity index (χ0v) is 15.3. The van der Waals surface area contributed by atoms with Crippen molar-refractivity contribution in [2.24, 2.45) is 4.99 Å². The van der Waals surface area contributed by atoms with E-state index < -0.39 is 59.7 Å². The van der Waals surface area contributed by atoms with Gasteiger partial charge in [0.15, 0.2) is 23.4 Å². The Hall–Kier alpha value is -3.31. The number of benzene rings is 2. The van der Waals surface area contributed by atoms with Gasteiger partial charge in [-0.3, -0.25) is 9.79 Å². The molecule has 2 aromatic rings. The second-order valence-electron chi connectivity index (χ2n) is 5.85. The molecule has 0 saturated heterocycles. The van der Waals surface area contributed by atoms with Crippen LogP contribution in [0.5, 0.6) is 0 Å². The molecule has 0 radical (unpaired) electrons. The maximum absolute atomic E-state index is 13.6. The zero-order valence-electron chi connectivity index (χ0n) is 15.3. The molecule has 0 aliphatic carbocycles. The molecule has 12 heteroatoms. The molecule has 162 valence electrons. The summed E-state index contributed by atoms with van der Waals surface area (Å²) in [7, 11) is 1.28. The predicted octanol–water partition coefficient (Wildman–Crippen LogP) is 3.57. The number of guanidine groups is 1. The number of aliphatic imine (C=N–C) groups is 1. The van der Waals surface area contributed by atoms with Crippen LogP contribution in [0.3, 0.4) is 0 Å². The first-order valence-corrected chi connectivity index (χ1v) is 8.26. The molecule has 30 heavy (non-hydrogen) atoms. The number of amides is 1. The zero-order chi connectivity index (χ0) is 22.5. The first-order valence-electron chi connectivity index (χ1n) is 8.26. The van der Waals surface area contributed by atoms with Gasteiger partial charge in [0.25, 0.3) is 0 Å². The van der Waals surface area contributed by atoms with Crippen LogP contribution in [0, 0.1) is 23.3 Å². The summed E-state index contributed by atoms with van der Waals surface area (Å²) in [5, 5.41) is 6.98. The third-order valence-electron chi connectivity index (χ3n) is 3.77. The first kappa shape index (κ1) is 23.0. The Bertz CT molecular complexity index is 960. The van der Waals surface area contributed by atoms with Gasteiger partial charge >= 0.3 is 6.18 Å². The average molecular weight is 436 g/mol. The van der Waals surface area contributed by atoms with Gasteiger partial charge in [0.2, 0.25) is 5.91 Å². The quantitative estimate of drug-likeness (QED) is 0.291. The van der Waals surface area contributed by atoms with Gasteiger partial charge in [-0.15, -0.1) is 0 Å². The van der Waals surface area contributed by atoms with E-state index in [9.17, 15) is 35.5 Å². The third kappa shape index (κ3) is 5.84. The molecule has 1 amide bonds. The van der Waals surface area contributed by atoms with Gasteiger partial charge in [0.1, 0.15) is 5.82 Å². The van der Waals surface area contributed by atoms with Crippen molar-refractivity contribution in [1.29, 1.82) is 0 Å². The lowest BCUT2D eigenvalue weighted by Gasteiger charge is -2.16. The molecule has 3 N–H and O–H groups in total. The molecule has 2 aromatic carbocycles. The van der Waals surface area contributed by atoms with Crippen LogP contribution < -0.4 is 16.0 Å².